The Morgan fingerprint density at radius 1 is 1.23 bits per heavy atom. The van der Waals surface area contributed by atoms with E-state index in [-0.39, 0.29) is 5.91 Å². The van der Waals surface area contributed by atoms with Gasteiger partial charge in [-0.05, 0) is 30.0 Å². The smallest absolute Gasteiger partial charge is 0.251 e. The molecule has 5 nitrogen and oxygen atoms in total. The van der Waals surface area contributed by atoms with Crippen molar-refractivity contribution in [3.8, 4) is 0 Å². The quantitative estimate of drug-likeness (QED) is 0.534. The van der Waals surface area contributed by atoms with Gasteiger partial charge in [-0.3, -0.25) is 9.79 Å². The van der Waals surface area contributed by atoms with Gasteiger partial charge in [0.25, 0.3) is 5.91 Å². The summed E-state index contributed by atoms with van der Waals surface area (Å²) in [5.41, 5.74) is 1.74. The van der Waals surface area contributed by atoms with E-state index in [0.717, 1.165) is 24.5 Å². The van der Waals surface area contributed by atoms with Crippen molar-refractivity contribution < 1.29 is 4.79 Å². The highest BCUT2D eigenvalue weighted by Crippen LogP contribution is 2.05. The van der Waals surface area contributed by atoms with Gasteiger partial charge < -0.3 is 16.0 Å². The maximum absolute atomic E-state index is 12.0. The number of nitrogens with one attached hydrogen (secondary N) is 3. The second kappa shape index (κ2) is 9.82. The van der Waals surface area contributed by atoms with Crippen molar-refractivity contribution in [3.05, 3.63) is 35.4 Å². The fourth-order valence-electron chi connectivity index (χ4n) is 1.87. The molecule has 0 aromatic heterocycles. The summed E-state index contributed by atoms with van der Waals surface area (Å²) in [6.45, 7) is 8.55. The molecule has 0 heterocycles. The molecule has 0 aliphatic carbocycles. The fraction of sp³-hybridized carbons (Fsp3) is 0.529. The van der Waals surface area contributed by atoms with E-state index in [4.69, 9.17) is 0 Å². The van der Waals surface area contributed by atoms with E-state index < -0.39 is 0 Å². The number of nitrogens with zero attached hydrogens (tertiary/aromatic N) is 1. The summed E-state index contributed by atoms with van der Waals surface area (Å²) >= 11 is 0. The van der Waals surface area contributed by atoms with Crippen molar-refractivity contribution in [3.63, 3.8) is 0 Å². The third-order valence-corrected chi connectivity index (χ3v) is 3.09. The van der Waals surface area contributed by atoms with Gasteiger partial charge in [0.15, 0.2) is 5.96 Å². The molecule has 0 radical (unpaired) electrons. The number of rotatable bonds is 7. The van der Waals surface area contributed by atoms with Crippen molar-refractivity contribution >= 4 is 11.9 Å². The monoisotopic (exact) mass is 304 g/mol. The summed E-state index contributed by atoms with van der Waals surface area (Å²) in [5, 5.41) is 9.41. The van der Waals surface area contributed by atoms with Crippen LogP contribution in [0.5, 0.6) is 0 Å². The lowest BCUT2D eigenvalue weighted by Crippen LogP contribution is -2.38. The molecule has 0 spiro atoms. The van der Waals surface area contributed by atoms with Crippen LogP contribution < -0.4 is 16.0 Å². The zero-order valence-electron chi connectivity index (χ0n) is 14.1. The molecule has 0 aliphatic heterocycles. The number of carbonyl (C=O) groups excluding carboxylic acids is 1. The van der Waals surface area contributed by atoms with Crippen LogP contribution in [0.1, 0.15) is 43.1 Å². The number of carbonyl (C=O) groups is 1. The molecular weight excluding hydrogens is 276 g/mol. The molecule has 22 heavy (non-hydrogen) atoms. The Morgan fingerprint density at radius 2 is 2.00 bits per heavy atom. The third kappa shape index (κ3) is 6.61. The first-order valence-electron chi connectivity index (χ1n) is 7.88. The Bertz CT molecular complexity index is 497. The fourth-order valence-corrected chi connectivity index (χ4v) is 1.87. The van der Waals surface area contributed by atoms with E-state index >= 15 is 0 Å². The van der Waals surface area contributed by atoms with Gasteiger partial charge >= 0.3 is 0 Å². The van der Waals surface area contributed by atoms with Crippen LogP contribution >= 0.6 is 0 Å². The van der Waals surface area contributed by atoms with Crippen molar-refractivity contribution in [1.29, 1.82) is 0 Å². The van der Waals surface area contributed by atoms with Crippen LogP contribution in [0.4, 0.5) is 0 Å². The number of aliphatic imine (C=N–C) groups is 1. The van der Waals surface area contributed by atoms with Crippen molar-refractivity contribution in [2.75, 3.05) is 20.1 Å². The zero-order chi connectivity index (χ0) is 16.4. The highest BCUT2D eigenvalue weighted by atomic mass is 16.1. The second-order valence-electron chi connectivity index (χ2n) is 5.66. The molecule has 0 saturated carbocycles. The minimum absolute atomic E-state index is 0.0222. The molecule has 5 heteroatoms. The first-order valence-corrected chi connectivity index (χ1v) is 7.88. The van der Waals surface area contributed by atoms with Crippen molar-refractivity contribution in [2.24, 2.45) is 10.9 Å². The van der Waals surface area contributed by atoms with Crippen molar-refractivity contribution in [1.82, 2.24) is 16.0 Å². The highest BCUT2D eigenvalue weighted by molar-refractivity contribution is 5.94. The number of guanidine groups is 1. The van der Waals surface area contributed by atoms with E-state index in [9.17, 15) is 4.79 Å². The van der Waals surface area contributed by atoms with Gasteiger partial charge in [0.05, 0.1) is 0 Å². The molecule has 1 aromatic carbocycles. The van der Waals surface area contributed by atoms with Crippen LogP contribution in [0.2, 0.25) is 0 Å². The molecule has 0 atom stereocenters. The van der Waals surface area contributed by atoms with Gasteiger partial charge in [0.2, 0.25) is 0 Å². The van der Waals surface area contributed by atoms with Crippen LogP contribution in [0.25, 0.3) is 0 Å². The van der Waals surface area contributed by atoms with Crippen LogP contribution in [0.3, 0.4) is 0 Å². The molecule has 0 fully saturated rings. The van der Waals surface area contributed by atoms with E-state index in [2.05, 4.69) is 34.8 Å². The first kappa shape index (κ1) is 18.0. The van der Waals surface area contributed by atoms with Gasteiger partial charge in [-0.1, -0.05) is 32.9 Å². The summed E-state index contributed by atoms with van der Waals surface area (Å²) in [6, 6.07) is 7.65. The molecular formula is C17H28N4O. The van der Waals surface area contributed by atoms with E-state index in [1.165, 1.54) is 0 Å². The van der Waals surface area contributed by atoms with E-state index in [1.807, 2.05) is 31.2 Å². The summed E-state index contributed by atoms with van der Waals surface area (Å²) in [6.07, 6.45) is 0.935. The maximum Gasteiger partial charge on any atom is 0.251 e. The number of benzene rings is 1. The molecule has 1 rings (SSSR count). The Kier molecular flexibility index (Phi) is 8.04. The van der Waals surface area contributed by atoms with E-state index in [1.54, 1.807) is 7.05 Å². The van der Waals surface area contributed by atoms with Gasteiger partial charge in [0.1, 0.15) is 0 Å². The van der Waals surface area contributed by atoms with Crippen LogP contribution in [0, 0.1) is 5.92 Å². The number of amides is 1. The molecule has 3 N–H and O–H groups in total. The maximum atomic E-state index is 12.0. The Labute approximate surface area is 133 Å². The predicted molar refractivity (Wildman–Crippen MR) is 92.1 cm³/mol. The Balaban J connectivity index is 2.57. The molecule has 0 bridgehead atoms. The molecule has 0 aliphatic rings. The van der Waals surface area contributed by atoms with Crippen LogP contribution in [-0.2, 0) is 6.54 Å². The molecule has 1 amide bonds. The molecule has 1 aromatic rings. The van der Waals surface area contributed by atoms with Gasteiger partial charge in [0, 0.05) is 32.2 Å². The lowest BCUT2D eigenvalue weighted by molar-refractivity contribution is 0.0953. The van der Waals surface area contributed by atoms with Crippen molar-refractivity contribution in [2.45, 2.75) is 33.7 Å². The Hall–Kier alpha value is -2.04. The van der Waals surface area contributed by atoms with Gasteiger partial charge in [-0.2, -0.15) is 0 Å². The normalized spacial score (nSPS) is 11.4. The minimum Gasteiger partial charge on any atom is -0.356 e. The first-order chi connectivity index (χ1) is 10.6. The average molecular weight is 304 g/mol. The summed E-state index contributed by atoms with van der Waals surface area (Å²) < 4.78 is 0. The summed E-state index contributed by atoms with van der Waals surface area (Å²) in [7, 11) is 1.75. The highest BCUT2D eigenvalue weighted by Gasteiger charge is 2.06. The Morgan fingerprint density at radius 3 is 2.64 bits per heavy atom. The summed E-state index contributed by atoms with van der Waals surface area (Å²) in [5.74, 6) is 1.31. The largest absolute Gasteiger partial charge is 0.356 e. The number of hydrogen-bond acceptors (Lipinski definition) is 2. The van der Waals surface area contributed by atoms with Crippen LogP contribution in [-0.4, -0.2) is 32.0 Å². The van der Waals surface area contributed by atoms with Gasteiger partial charge in [-0.15, -0.1) is 0 Å². The average Bonchev–Trinajstić information content (AvgIpc) is 2.52. The lowest BCUT2D eigenvalue weighted by Gasteiger charge is -2.14. The van der Waals surface area contributed by atoms with Gasteiger partial charge in [-0.25, -0.2) is 0 Å². The SMILES string of the molecule is CCCNC(=O)c1cccc(CNC(=NC)NCC(C)C)c1. The summed E-state index contributed by atoms with van der Waals surface area (Å²) in [4.78, 5) is 16.1. The third-order valence-electron chi connectivity index (χ3n) is 3.09. The minimum atomic E-state index is -0.0222. The van der Waals surface area contributed by atoms with Crippen LogP contribution in [0.15, 0.2) is 29.3 Å². The second-order valence-corrected chi connectivity index (χ2v) is 5.66. The molecule has 122 valence electrons. The molecule has 0 saturated heterocycles. The lowest BCUT2D eigenvalue weighted by atomic mass is 10.1. The molecule has 0 unspecified atom stereocenters. The standard InChI is InChI=1S/C17H28N4O/c1-5-9-19-16(22)15-8-6-7-14(10-15)12-21-17(18-4)20-11-13(2)3/h6-8,10,13H,5,9,11-12H2,1-4H3,(H,19,22)(H2,18,20,21). The van der Waals surface area contributed by atoms with E-state index in [0.29, 0.717) is 24.6 Å². The zero-order valence-corrected chi connectivity index (χ0v) is 14.1. The number of hydrogen-bond donors (Lipinski definition) is 3. The predicted octanol–water partition coefficient (Wildman–Crippen LogP) is 2.15. The topological polar surface area (TPSA) is 65.5 Å².